The van der Waals surface area contributed by atoms with E-state index in [0.717, 1.165) is 4.47 Å². The zero-order valence-electron chi connectivity index (χ0n) is 10.0. The van der Waals surface area contributed by atoms with E-state index in [1.54, 1.807) is 6.07 Å². The minimum atomic E-state index is -0.442. The van der Waals surface area contributed by atoms with Crippen molar-refractivity contribution in [2.24, 2.45) is 0 Å². The number of hydrogen-bond donors (Lipinski definition) is 0. The molecular formula is C12H14BrFN2O2. The molecule has 2 aliphatic heterocycles. The Morgan fingerprint density at radius 3 is 3.00 bits per heavy atom. The van der Waals surface area contributed by atoms with E-state index in [1.165, 1.54) is 6.20 Å². The predicted molar refractivity (Wildman–Crippen MR) is 68.2 cm³/mol. The molecule has 2 saturated heterocycles. The maximum absolute atomic E-state index is 13.9. The van der Waals surface area contributed by atoms with Gasteiger partial charge >= 0.3 is 0 Å². The van der Waals surface area contributed by atoms with E-state index in [1.807, 2.05) is 11.8 Å². The van der Waals surface area contributed by atoms with Crippen molar-refractivity contribution in [3.63, 3.8) is 0 Å². The highest BCUT2D eigenvalue weighted by molar-refractivity contribution is 9.10. The summed E-state index contributed by atoms with van der Waals surface area (Å²) in [6, 6.07) is 1.84. The van der Waals surface area contributed by atoms with Gasteiger partial charge < -0.3 is 14.4 Å². The van der Waals surface area contributed by atoms with Crippen LogP contribution in [0.15, 0.2) is 16.7 Å². The topological polar surface area (TPSA) is 34.6 Å². The monoisotopic (exact) mass is 316 g/mol. The van der Waals surface area contributed by atoms with Crippen LogP contribution in [0.5, 0.6) is 0 Å². The van der Waals surface area contributed by atoms with Crippen molar-refractivity contribution in [3.05, 3.63) is 22.7 Å². The van der Waals surface area contributed by atoms with Gasteiger partial charge in [0, 0.05) is 17.2 Å². The number of pyridine rings is 1. The van der Waals surface area contributed by atoms with E-state index in [-0.39, 0.29) is 11.6 Å². The molecule has 0 radical (unpaired) electrons. The van der Waals surface area contributed by atoms with Crippen LogP contribution in [0.1, 0.15) is 6.92 Å². The lowest BCUT2D eigenvalue weighted by Crippen LogP contribution is -2.68. The molecule has 6 heteroatoms. The van der Waals surface area contributed by atoms with Crippen LogP contribution >= 0.6 is 15.9 Å². The summed E-state index contributed by atoms with van der Waals surface area (Å²) in [6.45, 7) is 4.45. The highest BCUT2D eigenvalue weighted by Crippen LogP contribution is 2.36. The summed E-state index contributed by atoms with van der Waals surface area (Å²) < 4.78 is 25.7. The molecule has 2 fully saturated rings. The Balaban J connectivity index is 1.93. The standard InChI is InChI=1S/C12H14BrFN2O2/c1-8-12(6-17-7-12)18-3-2-16(8)10-4-9(13)5-15-11(10)14/h4-5,8H,2-3,6-7H2,1H3. The average Bonchev–Trinajstić information content (AvgIpc) is 2.31. The second-order valence-electron chi connectivity index (χ2n) is 4.74. The number of aromatic nitrogens is 1. The molecule has 1 spiro atoms. The van der Waals surface area contributed by atoms with Crippen LogP contribution in [0.25, 0.3) is 0 Å². The molecule has 1 atom stereocenters. The maximum Gasteiger partial charge on any atom is 0.236 e. The number of hydrogen-bond acceptors (Lipinski definition) is 4. The fourth-order valence-corrected chi connectivity index (χ4v) is 2.83. The van der Waals surface area contributed by atoms with Gasteiger partial charge in [0.2, 0.25) is 5.95 Å². The summed E-state index contributed by atoms with van der Waals surface area (Å²) in [6.07, 6.45) is 1.46. The molecule has 1 aromatic heterocycles. The van der Waals surface area contributed by atoms with Gasteiger partial charge in [-0.2, -0.15) is 4.39 Å². The molecule has 0 N–H and O–H groups in total. The van der Waals surface area contributed by atoms with Crippen LogP contribution in [0.4, 0.5) is 10.1 Å². The third-order valence-electron chi connectivity index (χ3n) is 3.74. The van der Waals surface area contributed by atoms with Gasteiger partial charge in [-0.15, -0.1) is 0 Å². The second kappa shape index (κ2) is 4.43. The molecule has 98 valence electrons. The Bertz CT molecular complexity index is 467. The van der Waals surface area contributed by atoms with E-state index in [0.29, 0.717) is 32.1 Å². The predicted octanol–water partition coefficient (Wildman–Crippen LogP) is 1.98. The summed E-state index contributed by atoms with van der Waals surface area (Å²) in [5.74, 6) is -0.442. The fraction of sp³-hybridized carbons (Fsp3) is 0.583. The van der Waals surface area contributed by atoms with Gasteiger partial charge in [-0.1, -0.05) is 0 Å². The Hall–Kier alpha value is -0.720. The number of anilines is 1. The first-order valence-electron chi connectivity index (χ1n) is 5.92. The zero-order valence-corrected chi connectivity index (χ0v) is 11.6. The van der Waals surface area contributed by atoms with E-state index in [2.05, 4.69) is 20.9 Å². The van der Waals surface area contributed by atoms with Gasteiger partial charge in [0.05, 0.1) is 31.5 Å². The summed E-state index contributed by atoms with van der Waals surface area (Å²) >= 11 is 3.33. The van der Waals surface area contributed by atoms with Crippen LogP contribution < -0.4 is 4.90 Å². The first-order valence-corrected chi connectivity index (χ1v) is 6.71. The average molecular weight is 317 g/mol. The minimum Gasteiger partial charge on any atom is -0.375 e. The smallest absolute Gasteiger partial charge is 0.236 e. The zero-order chi connectivity index (χ0) is 12.8. The Morgan fingerprint density at radius 1 is 1.56 bits per heavy atom. The number of nitrogens with zero attached hydrogens (tertiary/aromatic N) is 2. The van der Waals surface area contributed by atoms with Crippen LogP contribution in [0.2, 0.25) is 0 Å². The molecule has 0 bridgehead atoms. The third-order valence-corrected chi connectivity index (χ3v) is 4.17. The van der Waals surface area contributed by atoms with Crippen molar-refractivity contribution in [1.82, 2.24) is 4.98 Å². The molecule has 0 saturated carbocycles. The molecular weight excluding hydrogens is 303 g/mol. The lowest BCUT2D eigenvalue weighted by atomic mass is 9.90. The highest BCUT2D eigenvalue weighted by atomic mass is 79.9. The van der Waals surface area contributed by atoms with Gasteiger partial charge in [-0.25, -0.2) is 4.98 Å². The first kappa shape index (κ1) is 12.3. The fourth-order valence-electron chi connectivity index (χ4n) is 2.52. The maximum atomic E-state index is 13.9. The lowest BCUT2D eigenvalue weighted by Gasteiger charge is -2.53. The Kier molecular flexibility index (Phi) is 3.03. The van der Waals surface area contributed by atoms with E-state index in [9.17, 15) is 4.39 Å². The summed E-state index contributed by atoms with van der Waals surface area (Å²) in [4.78, 5) is 5.77. The first-order chi connectivity index (χ1) is 8.62. The van der Waals surface area contributed by atoms with E-state index < -0.39 is 5.95 Å². The molecule has 1 aromatic rings. The second-order valence-corrected chi connectivity index (χ2v) is 5.65. The molecule has 0 aromatic carbocycles. The van der Waals surface area contributed by atoms with Crippen molar-refractivity contribution in [1.29, 1.82) is 0 Å². The van der Waals surface area contributed by atoms with Crippen molar-refractivity contribution < 1.29 is 13.9 Å². The lowest BCUT2D eigenvalue weighted by molar-refractivity contribution is -0.228. The highest BCUT2D eigenvalue weighted by Gasteiger charge is 2.50. The molecule has 1 unspecified atom stereocenters. The quantitative estimate of drug-likeness (QED) is 0.742. The summed E-state index contributed by atoms with van der Waals surface area (Å²) in [5, 5.41) is 0. The number of morpholine rings is 1. The molecule has 0 aliphatic carbocycles. The molecule has 0 amide bonds. The van der Waals surface area contributed by atoms with Crippen LogP contribution in [-0.4, -0.2) is 43.0 Å². The molecule has 2 aliphatic rings. The van der Waals surface area contributed by atoms with Crippen molar-refractivity contribution in [3.8, 4) is 0 Å². The van der Waals surface area contributed by atoms with Crippen molar-refractivity contribution in [2.75, 3.05) is 31.3 Å². The number of halogens is 2. The summed E-state index contributed by atoms with van der Waals surface area (Å²) in [5.41, 5.74) is 0.235. The summed E-state index contributed by atoms with van der Waals surface area (Å²) in [7, 11) is 0. The largest absolute Gasteiger partial charge is 0.375 e. The minimum absolute atomic E-state index is 0.0746. The van der Waals surface area contributed by atoms with E-state index in [4.69, 9.17) is 9.47 Å². The van der Waals surface area contributed by atoms with Crippen molar-refractivity contribution in [2.45, 2.75) is 18.6 Å². The van der Waals surface area contributed by atoms with Crippen molar-refractivity contribution >= 4 is 21.6 Å². The van der Waals surface area contributed by atoms with Gasteiger partial charge in [0.1, 0.15) is 5.60 Å². The van der Waals surface area contributed by atoms with Crippen LogP contribution in [-0.2, 0) is 9.47 Å². The number of rotatable bonds is 1. The Morgan fingerprint density at radius 2 is 2.33 bits per heavy atom. The molecule has 3 heterocycles. The normalized spacial score (nSPS) is 26.2. The Labute approximate surface area is 113 Å². The van der Waals surface area contributed by atoms with Crippen LogP contribution in [0, 0.1) is 5.95 Å². The van der Waals surface area contributed by atoms with Gasteiger partial charge in [-0.05, 0) is 28.9 Å². The molecule has 4 nitrogen and oxygen atoms in total. The number of ether oxygens (including phenoxy) is 2. The third kappa shape index (κ3) is 1.83. The molecule has 18 heavy (non-hydrogen) atoms. The molecule has 3 rings (SSSR count). The SMILES string of the molecule is CC1N(c2cc(Br)cnc2F)CCOC12COC2. The van der Waals surface area contributed by atoms with E-state index >= 15 is 0 Å². The van der Waals surface area contributed by atoms with Gasteiger partial charge in [0.15, 0.2) is 0 Å². The van der Waals surface area contributed by atoms with Crippen LogP contribution in [0.3, 0.4) is 0 Å². The van der Waals surface area contributed by atoms with Gasteiger partial charge in [-0.3, -0.25) is 0 Å². The van der Waals surface area contributed by atoms with Gasteiger partial charge in [0.25, 0.3) is 0 Å².